The van der Waals surface area contributed by atoms with Gasteiger partial charge in [-0.1, -0.05) is 5.16 Å². The van der Waals surface area contributed by atoms with Gasteiger partial charge in [0.1, 0.15) is 5.82 Å². The van der Waals surface area contributed by atoms with Crippen LogP contribution in [0.15, 0.2) is 16.7 Å². The Labute approximate surface area is 111 Å². The fourth-order valence-electron chi connectivity index (χ4n) is 1.63. The van der Waals surface area contributed by atoms with Gasteiger partial charge in [0.05, 0.1) is 5.69 Å². The van der Waals surface area contributed by atoms with E-state index in [9.17, 15) is 4.79 Å². The summed E-state index contributed by atoms with van der Waals surface area (Å²) in [5.74, 6) is 0.778. The quantitative estimate of drug-likeness (QED) is 0.885. The van der Waals surface area contributed by atoms with E-state index in [1.807, 2.05) is 20.8 Å². The molecular formula is C13H16N4O2. The van der Waals surface area contributed by atoms with Crippen LogP contribution in [0.4, 0.5) is 11.7 Å². The van der Waals surface area contributed by atoms with Crippen LogP contribution in [0, 0.1) is 20.8 Å². The lowest BCUT2D eigenvalue weighted by molar-refractivity contribution is 0.102. The number of anilines is 2. The molecule has 0 aliphatic rings. The number of pyridine rings is 1. The Kier molecular flexibility index (Phi) is 3.50. The van der Waals surface area contributed by atoms with Crippen molar-refractivity contribution in [3.63, 3.8) is 0 Å². The highest BCUT2D eigenvalue weighted by atomic mass is 16.5. The highest BCUT2D eigenvalue weighted by molar-refractivity contribution is 6.04. The molecule has 6 heteroatoms. The molecule has 0 saturated heterocycles. The summed E-state index contributed by atoms with van der Waals surface area (Å²) in [6, 6.07) is 3.40. The Morgan fingerprint density at radius 3 is 2.58 bits per heavy atom. The van der Waals surface area contributed by atoms with Crippen LogP contribution >= 0.6 is 0 Å². The standard InChI is InChI=1S/C13H16N4O2/c1-7-5-10(6-11(14-4)15-7)12(18)16-13-8(2)9(3)17-19-13/h5-6H,1-4H3,(H,14,15)(H,16,18). The molecule has 0 aromatic carbocycles. The first-order valence-electron chi connectivity index (χ1n) is 5.92. The van der Waals surface area contributed by atoms with Gasteiger partial charge >= 0.3 is 0 Å². The number of hydrogen-bond acceptors (Lipinski definition) is 5. The molecule has 2 aromatic rings. The van der Waals surface area contributed by atoms with Crippen LogP contribution in [0.2, 0.25) is 0 Å². The van der Waals surface area contributed by atoms with Crippen LogP contribution < -0.4 is 10.6 Å². The molecule has 0 aliphatic carbocycles. The van der Waals surface area contributed by atoms with Crippen molar-refractivity contribution in [2.24, 2.45) is 0 Å². The predicted molar refractivity (Wildman–Crippen MR) is 72.5 cm³/mol. The third-order valence-corrected chi connectivity index (χ3v) is 2.86. The van der Waals surface area contributed by atoms with Crippen molar-refractivity contribution in [3.05, 3.63) is 34.6 Å². The lowest BCUT2D eigenvalue weighted by atomic mass is 10.2. The van der Waals surface area contributed by atoms with Crippen molar-refractivity contribution in [2.75, 3.05) is 17.7 Å². The molecule has 2 rings (SSSR count). The molecule has 0 spiro atoms. The first kappa shape index (κ1) is 13.1. The Morgan fingerprint density at radius 1 is 1.26 bits per heavy atom. The molecule has 0 bridgehead atoms. The van der Waals surface area contributed by atoms with Gasteiger partial charge in [-0.3, -0.25) is 10.1 Å². The number of amides is 1. The summed E-state index contributed by atoms with van der Waals surface area (Å²) in [6.45, 7) is 5.50. The monoisotopic (exact) mass is 260 g/mol. The summed E-state index contributed by atoms with van der Waals surface area (Å²) in [5, 5.41) is 9.42. The maximum atomic E-state index is 12.1. The number of rotatable bonds is 3. The molecule has 0 unspecified atom stereocenters. The summed E-state index contributed by atoms with van der Waals surface area (Å²) < 4.78 is 5.06. The molecule has 2 N–H and O–H groups in total. The van der Waals surface area contributed by atoms with E-state index < -0.39 is 0 Å². The van der Waals surface area contributed by atoms with Gasteiger partial charge in [-0.25, -0.2) is 4.98 Å². The summed E-state index contributed by atoms with van der Waals surface area (Å²) >= 11 is 0. The molecule has 19 heavy (non-hydrogen) atoms. The summed E-state index contributed by atoms with van der Waals surface area (Å²) in [5.41, 5.74) is 2.87. The van der Waals surface area contributed by atoms with E-state index in [-0.39, 0.29) is 5.91 Å². The maximum absolute atomic E-state index is 12.1. The summed E-state index contributed by atoms with van der Waals surface area (Å²) in [4.78, 5) is 16.4. The van der Waals surface area contributed by atoms with Crippen LogP contribution in [-0.4, -0.2) is 23.1 Å². The third kappa shape index (κ3) is 2.73. The zero-order valence-corrected chi connectivity index (χ0v) is 11.4. The Hall–Kier alpha value is -2.37. The highest BCUT2D eigenvalue weighted by Crippen LogP contribution is 2.19. The molecule has 2 aromatic heterocycles. The average molecular weight is 260 g/mol. The first-order valence-corrected chi connectivity index (χ1v) is 5.92. The minimum Gasteiger partial charge on any atom is -0.373 e. The van der Waals surface area contributed by atoms with Gasteiger partial charge < -0.3 is 9.84 Å². The van der Waals surface area contributed by atoms with E-state index in [0.29, 0.717) is 17.3 Å². The predicted octanol–water partition coefficient (Wildman–Crippen LogP) is 2.29. The van der Waals surface area contributed by atoms with Gasteiger partial charge in [0.15, 0.2) is 0 Å². The number of nitrogens with one attached hydrogen (secondary N) is 2. The second kappa shape index (κ2) is 5.09. The van der Waals surface area contributed by atoms with E-state index >= 15 is 0 Å². The number of aromatic nitrogens is 2. The van der Waals surface area contributed by atoms with E-state index in [1.54, 1.807) is 19.2 Å². The van der Waals surface area contributed by atoms with Crippen LogP contribution in [0.1, 0.15) is 27.3 Å². The van der Waals surface area contributed by atoms with Crippen molar-refractivity contribution in [1.82, 2.24) is 10.1 Å². The first-order chi connectivity index (χ1) is 9.01. The number of carbonyl (C=O) groups is 1. The zero-order valence-electron chi connectivity index (χ0n) is 11.4. The SMILES string of the molecule is CNc1cc(C(=O)Nc2onc(C)c2C)cc(C)n1. The van der Waals surface area contributed by atoms with Crippen molar-refractivity contribution < 1.29 is 9.32 Å². The Morgan fingerprint density at radius 2 is 2.00 bits per heavy atom. The van der Waals surface area contributed by atoms with Gasteiger partial charge in [0.2, 0.25) is 5.88 Å². The van der Waals surface area contributed by atoms with Crippen molar-refractivity contribution in [3.8, 4) is 0 Å². The van der Waals surface area contributed by atoms with Gasteiger partial charge in [-0.05, 0) is 32.9 Å². The topological polar surface area (TPSA) is 80.0 Å². The van der Waals surface area contributed by atoms with Gasteiger partial charge in [0, 0.05) is 23.9 Å². The molecule has 6 nitrogen and oxygen atoms in total. The highest BCUT2D eigenvalue weighted by Gasteiger charge is 2.14. The molecule has 1 amide bonds. The van der Waals surface area contributed by atoms with Gasteiger partial charge in [-0.2, -0.15) is 0 Å². The minimum atomic E-state index is -0.249. The van der Waals surface area contributed by atoms with Crippen molar-refractivity contribution in [1.29, 1.82) is 0 Å². The molecule has 0 atom stereocenters. The van der Waals surface area contributed by atoms with Crippen LogP contribution in [0.5, 0.6) is 0 Å². The van der Waals surface area contributed by atoms with Crippen LogP contribution in [-0.2, 0) is 0 Å². The van der Waals surface area contributed by atoms with E-state index in [2.05, 4.69) is 20.8 Å². The van der Waals surface area contributed by atoms with Gasteiger partial charge in [-0.15, -0.1) is 0 Å². The third-order valence-electron chi connectivity index (χ3n) is 2.86. The molecule has 0 saturated carbocycles. The van der Waals surface area contributed by atoms with E-state index in [1.165, 1.54) is 0 Å². The average Bonchev–Trinajstić information content (AvgIpc) is 2.70. The Balaban J connectivity index is 2.25. The van der Waals surface area contributed by atoms with E-state index in [0.717, 1.165) is 17.0 Å². The van der Waals surface area contributed by atoms with Crippen LogP contribution in [0.25, 0.3) is 0 Å². The second-order valence-corrected chi connectivity index (χ2v) is 4.31. The second-order valence-electron chi connectivity index (χ2n) is 4.31. The lowest BCUT2D eigenvalue weighted by Gasteiger charge is -2.06. The molecule has 0 aliphatic heterocycles. The molecule has 2 heterocycles. The zero-order chi connectivity index (χ0) is 14.0. The van der Waals surface area contributed by atoms with Crippen LogP contribution in [0.3, 0.4) is 0 Å². The molecule has 0 fully saturated rings. The molecular weight excluding hydrogens is 244 g/mol. The molecule has 0 radical (unpaired) electrons. The Bertz CT molecular complexity index is 619. The largest absolute Gasteiger partial charge is 0.373 e. The van der Waals surface area contributed by atoms with Crippen molar-refractivity contribution >= 4 is 17.6 Å². The number of carbonyl (C=O) groups excluding carboxylic acids is 1. The smallest absolute Gasteiger partial charge is 0.258 e. The number of hydrogen-bond donors (Lipinski definition) is 2. The normalized spacial score (nSPS) is 10.3. The molecule has 100 valence electrons. The lowest BCUT2D eigenvalue weighted by Crippen LogP contribution is -2.13. The number of aryl methyl sites for hydroxylation is 2. The van der Waals surface area contributed by atoms with E-state index in [4.69, 9.17) is 4.52 Å². The van der Waals surface area contributed by atoms with Gasteiger partial charge in [0.25, 0.3) is 5.91 Å². The summed E-state index contributed by atoms with van der Waals surface area (Å²) in [6.07, 6.45) is 0. The maximum Gasteiger partial charge on any atom is 0.258 e. The summed E-state index contributed by atoms with van der Waals surface area (Å²) in [7, 11) is 1.76. The minimum absolute atomic E-state index is 0.249. The number of nitrogens with zero attached hydrogens (tertiary/aromatic N) is 2. The fourth-order valence-corrected chi connectivity index (χ4v) is 1.63. The fraction of sp³-hybridized carbons (Fsp3) is 0.308. The van der Waals surface area contributed by atoms with Crippen molar-refractivity contribution in [2.45, 2.75) is 20.8 Å².